The van der Waals surface area contributed by atoms with E-state index in [0.29, 0.717) is 17.7 Å². The van der Waals surface area contributed by atoms with Crippen LogP contribution in [0.25, 0.3) is 10.8 Å². The molecule has 0 fully saturated rings. The number of hydrogen-bond donors (Lipinski definition) is 1. The number of rotatable bonds is 7. The van der Waals surface area contributed by atoms with E-state index in [1.54, 1.807) is 0 Å². The Labute approximate surface area is 156 Å². The van der Waals surface area contributed by atoms with Gasteiger partial charge in [-0.15, -0.1) is 0 Å². The molecule has 0 radical (unpaired) electrons. The summed E-state index contributed by atoms with van der Waals surface area (Å²) in [6.45, 7) is 5.55. The normalized spacial score (nSPS) is 13.6. The molecule has 2 aromatic rings. The third-order valence-electron chi connectivity index (χ3n) is 4.61. The van der Waals surface area contributed by atoms with Gasteiger partial charge in [0.1, 0.15) is 0 Å². The number of carbonyl (C=O) groups is 2. The smallest absolute Gasteiger partial charge is 0.261 e. The summed E-state index contributed by atoms with van der Waals surface area (Å²) in [5.74, 6) is -0.374. The van der Waals surface area contributed by atoms with E-state index in [-0.39, 0.29) is 11.8 Å². The monoisotopic (exact) mass is 402 g/mol. The summed E-state index contributed by atoms with van der Waals surface area (Å²) in [6.07, 6.45) is 3.95. The molecule has 0 bridgehead atoms. The standard InChI is InChI=1S/C20H23BrN2O2/c1-3-5-9-22-17-8-7-14-18-15(17)11-13(21)12-16(18)20(25)23(19(14)24)10-6-4-2/h7-8,11-12,22H,3-6,9-10H2,1-2H3. The minimum absolute atomic E-state index is 0.182. The lowest BCUT2D eigenvalue weighted by molar-refractivity contribution is 0.0608. The van der Waals surface area contributed by atoms with Crippen LogP contribution >= 0.6 is 15.9 Å². The van der Waals surface area contributed by atoms with Crippen LogP contribution < -0.4 is 5.32 Å². The van der Waals surface area contributed by atoms with Gasteiger partial charge >= 0.3 is 0 Å². The Morgan fingerprint density at radius 2 is 1.72 bits per heavy atom. The molecule has 0 aliphatic carbocycles. The first-order chi connectivity index (χ1) is 12.1. The Kier molecular flexibility index (Phi) is 5.42. The summed E-state index contributed by atoms with van der Waals surface area (Å²) in [5, 5.41) is 5.13. The maximum Gasteiger partial charge on any atom is 0.261 e. The lowest BCUT2D eigenvalue weighted by atomic mass is 9.93. The van der Waals surface area contributed by atoms with Crippen molar-refractivity contribution in [2.75, 3.05) is 18.4 Å². The van der Waals surface area contributed by atoms with Crippen LogP contribution in [0.3, 0.4) is 0 Å². The average molecular weight is 403 g/mol. The van der Waals surface area contributed by atoms with Crippen molar-refractivity contribution in [3.8, 4) is 0 Å². The van der Waals surface area contributed by atoms with E-state index < -0.39 is 0 Å². The van der Waals surface area contributed by atoms with Gasteiger partial charge in [-0.2, -0.15) is 0 Å². The van der Waals surface area contributed by atoms with Crippen molar-refractivity contribution in [2.45, 2.75) is 39.5 Å². The molecule has 0 spiro atoms. The molecule has 2 amide bonds. The average Bonchev–Trinajstić information content (AvgIpc) is 2.60. The number of carbonyl (C=O) groups excluding carboxylic acids is 2. The lowest BCUT2D eigenvalue weighted by Crippen LogP contribution is -2.40. The zero-order valence-corrected chi connectivity index (χ0v) is 16.3. The van der Waals surface area contributed by atoms with Crippen molar-refractivity contribution < 1.29 is 9.59 Å². The topological polar surface area (TPSA) is 49.4 Å². The molecule has 0 unspecified atom stereocenters. The quantitative estimate of drug-likeness (QED) is 0.510. The van der Waals surface area contributed by atoms with Crippen LogP contribution in [0.2, 0.25) is 0 Å². The summed E-state index contributed by atoms with van der Waals surface area (Å²) < 4.78 is 0.851. The molecule has 1 N–H and O–H groups in total. The van der Waals surface area contributed by atoms with Crippen molar-refractivity contribution in [2.24, 2.45) is 0 Å². The van der Waals surface area contributed by atoms with E-state index in [2.05, 4.69) is 35.1 Å². The Bertz CT molecular complexity index is 832. The molecule has 132 valence electrons. The van der Waals surface area contributed by atoms with Gasteiger partial charge in [0, 0.05) is 45.1 Å². The van der Waals surface area contributed by atoms with Gasteiger partial charge in [-0.3, -0.25) is 14.5 Å². The lowest BCUT2D eigenvalue weighted by Gasteiger charge is -2.28. The number of amides is 2. The van der Waals surface area contributed by atoms with Crippen LogP contribution in [-0.4, -0.2) is 29.8 Å². The Morgan fingerprint density at radius 3 is 2.44 bits per heavy atom. The number of halogens is 1. The number of benzene rings is 2. The molecule has 4 nitrogen and oxygen atoms in total. The second kappa shape index (κ2) is 7.56. The summed E-state index contributed by atoms with van der Waals surface area (Å²) >= 11 is 3.52. The molecular formula is C20H23BrN2O2. The molecule has 2 aromatic carbocycles. The Hall–Kier alpha value is -1.88. The number of anilines is 1. The van der Waals surface area contributed by atoms with Crippen LogP contribution in [0.4, 0.5) is 5.69 Å². The fraction of sp³-hybridized carbons (Fsp3) is 0.400. The Balaban J connectivity index is 2.12. The van der Waals surface area contributed by atoms with Gasteiger partial charge in [0.05, 0.1) is 0 Å². The van der Waals surface area contributed by atoms with Gasteiger partial charge in [0.25, 0.3) is 11.8 Å². The van der Waals surface area contributed by atoms with Crippen molar-refractivity contribution in [1.82, 2.24) is 4.90 Å². The first-order valence-corrected chi connectivity index (χ1v) is 9.74. The largest absolute Gasteiger partial charge is 0.385 e. The molecule has 1 aliphatic heterocycles. The van der Waals surface area contributed by atoms with E-state index in [4.69, 9.17) is 0 Å². The van der Waals surface area contributed by atoms with E-state index in [1.807, 2.05) is 24.3 Å². The zero-order valence-electron chi connectivity index (χ0n) is 14.7. The fourth-order valence-electron chi connectivity index (χ4n) is 3.25. The summed E-state index contributed by atoms with van der Waals surface area (Å²) in [6, 6.07) is 7.62. The third-order valence-corrected chi connectivity index (χ3v) is 5.07. The minimum Gasteiger partial charge on any atom is -0.385 e. The predicted molar refractivity (Wildman–Crippen MR) is 105 cm³/mol. The van der Waals surface area contributed by atoms with E-state index in [9.17, 15) is 9.59 Å². The van der Waals surface area contributed by atoms with Gasteiger partial charge < -0.3 is 5.32 Å². The molecule has 5 heteroatoms. The maximum atomic E-state index is 12.9. The molecule has 0 atom stereocenters. The highest BCUT2D eigenvalue weighted by atomic mass is 79.9. The van der Waals surface area contributed by atoms with Crippen LogP contribution in [0.1, 0.15) is 60.2 Å². The van der Waals surface area contributed by atoms with Crippen LogP contribution in [0.15, 0.2) is 28.7 Å². The number of imide groups is 1. The molecule has 0 saturated carbocycles. The second-order valence-corrected chi connectivity index (χ2v) is 7.35. The first kappa shape index (κ1) is 17.9. The van der Waals surface area contributed by atoms with Crippen LogP contribution in [0, 0.1) is 0 Å². The molecule has 3 rings (SSSR count). The number of nitrogens with one attached hydrogen (secondary N) is 1. The van der Waals surface area contributed by atoms with Gasteiger partial charge in [0.15, 0.2) is 0 Å². The zero-order chi connectivity index (χ0) is 18.0. The highest BCUT2D eigenvalue weighted by molar-refractivity contribution is 9.10. The highest BCUT2D eigenvalue weighted by Gasteiger charge is 2.33. The van der Waals surface area contributed by atoms with E-state index in [1.165, 1.54) is 4.90 Å². The molecule has 25 heavy (non-hydrogen) atoms. The first-order valence-electron chi connectivity index (χ1n) is 8.94. The van der Waals surface area contributed by atoms with Crippen LogP contribution in [-0.2, 0) is 0 Å². The summed E-state index contributed by atoms with van der Waals surface area (Å²) in [7, 11) is 0. The van der Waals surface area contributed by atoms with Gasteiger partial charge in [-0.25, -0.2) is 0 Å². The predicted octanol–water partition coefficient (Wildman–Crippen LogP) is 5.21. The van der Waals surface area contributed by atoms with Crippen molar-refractivity contribution in [3.05, 3.63) is 39.9 Å². The molecular weight excluding hydrogens is 380 g/mol. The molecule has 0 aromatic heterocycles. The molecule has 1 aliphatic rings. The minimum atomic E-state index is -0.192. The molecule has 1 heterocycles. The fourth-order valence-corrected chi connectivity index (χ4v) is 3.71. The maximum absolute atomic E-state index is 12.9. The summed E-state index contributed by atoms with van der Waals surface area (Å²) in [5.41, 5.74) is 2.20. The summed E-state index contributed by atoms with van der Waals surface area (Å²) in [4.78, 5) is 27.1. The van der Waals surface area contributed by atoms with Gasteiger partial charge in [0.2, 0.25) is 0 Å². The van der Waals surface area contributed by atoms with Crippen molar-refractivity contribution in [1.29, 1.82) is 0 Å². The van der Waals surface area contributed by atoms with Crippen molar-refractivity contribution >= 4 is 44.2 Å². The Morgan fingerprint density at radius 1 is 1.00 bits per heavy atom. The second-order valence-electron chi connectivity index (χ2n) is 6.43. The van der Waals surface area contributed by atoms with Gasteiger partial charge in [-0.05, 0) is 37.1 Å². The van der Waals surface area contributed by atoms with E-state index >= 15 is 0 Å². The highest BCUT2D eigenvalue weighted by Crippen LogP contribution is 2.36. The van der Waals surface area contributed by atoms with E-state index in [0.717, 1.165) is 53.2 Å². The number of nitrogens with zero attached hydrogens (tertiary/aromatic N) is 1. The number of hydrogen-bond acceptors (Lipinski definition) is 3. The van der Waals surface area contributed by atoms with Gasteiger partial charge in [-0.1, -0.05) is 42.6 Å². The van der Waals surface area contributed by atoms with Crippen molar-refractivity contribution in [3.63, 3.8) is 0 Å². The molecule has 0 saturated heterocycles. The third kappa shape index (κ3) is 3.30. The number of unbranched alkanes of at least 4 members (excludes halogenated alkanes) is 2. The SMILES string of the molecule is CCCCNc1ccc2c3c(cc(Br)cc13)C(=O)N(CCCC)C2=O. The van der Waals surface area contributed by atoms with Crippen LogP contribution in [0.5, 0.6) is 0 Å².